The van der Waals surface area contributed by atoms with Crippen molar-refractivity contribution >= 4 is 29.6 Å². The first kappa shape index (κ1) is 21.2. The quantitative estimate of drug-likeness (QED) is 0.482. The van der Waals surface area contributed by atoms with Crippen LogP contribution in [-0.2, 0) is 16.1 Å². The highest BCUT2D eigenvalue weighted by Gasteiger charge is 2.10. The Morgan fingerprint density at radius 3 is 2.71 bits per heavy atom. The van der Waals surface area contributed by atoms with Gasteiger partial charge >= 0.3 is 0 Å². The van der Waals surface area contributed by atoms with E-state index in [-0.39, 0.29) is 18.9 Å². The predicted molar refractivity (Wildman–Crippen MR) is 105 cm³/mol. The fraction of sp³-hybridized carbons (Fsp3) is 0.333. The van der Waals surface area contributed by atoms with Crippen molar-refractivity contribution in [3.8, 4) is 11.5 Å². The fourth-order valence-electron chi connectivity index (χ4n) is 2.37. The molecule has 1 aromatic heterocycles. The Balaban J connectivity index is 1.89. The number of primary amides is 1. The number of ether oxygens (including phenoxy) is 2. The number of rotatable bonds is 9. The molecule has 0 bridgehead atoms. The van der Waals surface area contributed by atoms with Gasteiger partial charge in [0.1, 0.15) is 0 Å². The molecule has 2 rings (SSSR count). The van der Waals surface area contributed by atoms with Gasteiger partial charge in [0.2, 0.25) is 5.91 Å². The minimum absolute atomic E-state index is 0.207. The van der Waals surface area contributed by atoms with Crippen molar-refractivity contribution in [3.63, 3.8) is 0 Å². The van der Waals surface area contributed by atoms with Gasteiger partial charge in [0.05, 0.1) is 36.3 Å². The second-order valence-electron chi connectivity index (χ2n) is 5.92. The molecule has 0 aliphatic rings. The topological polar surface area (TPSA) is 121 Å². The zero-order chi connectivity index (χ0) is 20.7. The van der Waals surface area contributed by atoms with E-state index in [4.69, 9.17) is 26.8 Å². The number of hydrogen-bond acceptors (Lipinski definition) is 6. The summed E-state index contributed by atoms with van der Waals surface area (Å²) in [7, 11) is 1.47. The number of aryl methyl sites for hydroxylation is 2. The van der Waals surface area contributed by atoms with Gasteiger partial charge in [-0.15, -0.1) is 0 Å². The molecule has 10 heteroatoms. The normalized spacial score (nSPS) is 10.9. The monoisotopic (exact) mass is 407 g/mol. The number of carbonyl (C=O) groups is 2. The lowest BCUT2D eigenvalue weighted by Gasteiger charge is -2.09. The molecular weight excluding hydrogens is 386 g/mol. The van der Waals surface area contributed by atoms with Crippen LogP contribution in [0.3, 0.4) is 0 Å². The first-order valence-corrected chi connectivity index (χ1v) is 8.80. The highest BCUT2D eigenvalue weighted by molar-refractivity contribution is 6.31. The van der Waals surface area contributed by atoms with E-state index in [1.807, 2.05) is 13.8 Å². The minimum atomic E-state index is -0.585. The van der Waals surface area contributed by atoms with Crippen LogP contribution >= 0.6 is 11.6 Å². The van der Waals surface area contributed by atoms with Crippen molar-refractivity contribution in [2.45, 2.75) is 26.8 Å². The zero-order valence-electron chi connectivity index (χ0n) is 15.9. The summed E-state index contributed by atoms with van der Waals surface area (Å²) in [5, 5.41) is 8.81. The number of nitrogens with zero attached hydrogens (tertiary/aromatic N) is 3. The number of nitrogens with two attached hydrogens (primary N) is 1. The Bertz CT molecular complexity index is 894. The number of nitrogens with one attached hydrogen (secondary N) is 1. The van der Waals surface area contributed by atoms with Gasteiger partial charge in [-0.2, -0.15) is 10.2 Å². The molecule has 9 nitrogen and oxygen atoms in total. The van der Waals surface area contributed by atoms with Crippen LogP contribution in [0.4, 0.5) is 0 Å². The van der Waals surface area contributed by atoms with Gasteiger partial charge in [0, 0.05) is 6.42 Å². The highest BCUT2D eigenvalue weighted by Crippen LogP contribution is 2.27. The van der Waals surface area contributed by atoms with Gasteiger partial charge in [-0.1, -0.05) is 11.6 Å². The first-order valence-electron chi connectivity index (χ1n) is 8.42. The van der Waals surface area contributed by atoms with Gasteiger partial charge in [0.15, 0.2) is 18.1 Å². The molecule has 0 atom stereocenters. The SMILES string of the molecule is COc1cc(C=NNC(=O)CCn2nc(C)c(Cl)c2C)ccc1OCC(N)=O. The lowest BCUT2D eigenvalue weighted by molar-refractivity contribution is -0.121. The summed E-state index contributed by atoms with van der Waals surface area (Å²) in [6.07, 6.45) is 1.68. The number of hydrazone groups is 1. The van der Waals surface area contributed by atoms with Crippen molar-refractivity contribution in [2.24, 2.45) is 10.8 Å². The molecule has 0 fully saturated rings. The van der Waals surface area contributed by atoms with E-state index >= 15 is 0 Å². The second kappa shape index (κ2) is 9.75. The number of aromatic nitrogens is 2. The molecule has 0 saturated carbocycles. The standard InChI is InChI=1S/C18H22ClN5O4/c1-11-18(19)12(2)24(23-11)7-6-17(26)22-21-9-13-4-5-14(15(8-13)27-3)28-10-16(20)25/h4-5,8-9H,6-7,10H2,1-3H3,(H2,20,25)(H,22,26). The van der Waals surface area contributed by atoms with E-state index in [1.54, 1.807) is 22.9 Å². The van der Waals surface area contributed by atoms with Gasteiger partial charge in [-0.25, -0.2) is 5.43 Å². The molecule has 28 heavy (non-hydrogen) atoms. The summed E-state index contributed by atoms with van der Waals surface area (Å²) in [5.74, 6) is -0.0459. The summed E-state index contributed by atoms with van der Waals surface area (Å²) < 4.78 is 12.2. The van der Waals surface area contributed by atoms with Crippen LogP contribution in [0.25, 0.3) is 0 Å². The summed E-state index contributed by atoms with van der Waals surface area (Å²) in [6, 6.07) is 4.98. The lowest BCUT2D eigenvalue weighted by atomic mass is 10.2. The summed E-state index contributed by atoms with van der Waals surface area (Å²) in [5.41, 5.74) is 9.74. The van der Waals surface area contributed by atoms with Crippen molar-refractivity contribution in [1.29, 1.82) is 0 Å². The average Bonchev–Trinajstić information content (AvgIpc) is 2.91. The van der Waals surface area contributed by atoms with Crippen LogP contribution in [0.1, 0.15) is 23.4 Å². The smallest absolute Gasteiger partial charge is 0.255 e. The molecule has 0 saturated heterocycles. The number of benzene rings is 1. The third-order valence-electron chi connectivity index (χ3n) is 3.80. The molecule has 0 aliphatic heterocycles. The average molecular weight is 408 g/mol. The maximum atomic E-state index is 11.9. The van der Waals surface area contributed by atoms with Crippen LogP contribution < -0.4 is 20.6 Å². The largest absolute Gasteiger partial charge is 0.493 e. The Morgan fingerprint density at radius 2 is 2.11 bits per heavy atom. The van der Waals surface area contributed by atoms with Crippen LogP contribution in [0.2, 0.25) is 5.02 Å². The van der Waals surface area contributed by atoms with Crippen LogP contribution in [0.15, 0.2) is 23.3 Å². The molecule has 0 aliphatic carbocycles. The number of amides is 2. The molecule has 150 valence electrons. The maximum Gasteiger partial charge on any atom is 0.255 e. The summed E-state index contributed by atoms with van der Waals surface area (Å²) >= 11 is 6.09. The van der Waals surface area contributed by atoms with E-state index in [0.717, 1.165) is 11.4 Å². The molecule has 2 amide bonds. The van der Waals surface area contributed by atoms with E-state index in [9.17, 15) is 9.59 Å². The van der Waals surface area contributed by atoms with Crippen molar-refractivity contribution < 1.29 is 19.1 Å². The van der Waals surface area contributed by atoms with Crippen molar-refractivity contribution in [2.75, 3.05) is 13.7 Å². The van der Waals surface area contributed by atoms with Gasteiger partial charge in [-0.05, 0) is 37.6 Å². The Labute approximate surface area is 167 Å². The minimum Gasteiger partial charge on any atom is -0.493 e. The number of carbonyl (C=O) groups excluding carboxylic acids is 2. The predicted octanol–water partition coefficient (Wildman–Crippen LogP) is 1.57. The molecule has 3 N–H and O–H groups in total. The van der Waals surface area contributed by atoms with Gasteiger partial charge < -0.3 is 15.2 Å². The molecule has 0 radical (unpaired) electrons. The maximum absolute atomic E-state index is 11.9. The van der Waals surface area contributed by atoms with Crippen molar-refractivity contribution in [1.82, 2.24) is 15.2 Å². The molecule has 2 aromatic rings. The van der Waals surface area contributed by atoms with E-state index < -0.39 is 5.91 Å². The molecule has 0 spiro atoms. The molecule has 1 aromatic carbocycles. The van der Waals surface area contributed by atoms with Crippen LogP contribution in [0, 0.1) is 13.8 Å². The highest BCUT2D eigenvalue weighted by atomic mass is 35.5. The third-order valence-corrected chi connectivity index (χ3v) is 4.35. The summed E-state index contributed by atoms with van der Waals surface area (Å²) in [4.78, 5) is 22.8. The fourth-order valence-corrected chi connectivity index (χ4v) is 2.50. The second-order valence-corrected chi connectivity index (χ2v) is 6.29. The van der Waals surface area contributed by atoms with Crippen molar-refractivity contribution in [3.05, 3.63) is 40.2 Å². The van der Waals surface area contributed by atoms with E-state index in [1.165, 1.54) is 13.3 Å². The van der Waals surface area contributed by atoms with Gasteiger partial charge in [-0.3, -0.25) is 14.3 Å². The lowest BCUT2D eigenvalue weighted by Crippen LogP contribution is -2.20. The number of halogens is 1. The molecule has 1 heterocycles. The molecular formula is C18H22ClN5O4. The van der Waals surface area contributed by atoms with Crippen LogP contribution in [0.5, 0.6) is 11.5 Å². The zero-order valence-corrected chi connectivity index (χ0v) is 16.6. The number of methoxy groups -OCH3 is 1. The third kappa shape index (κ3) is 5.71. The summed E-state index contributed by atoms with van der Waals surface area (Å²) in [6.45, 7) is 3.82. The molecule has 0 unspecified atom stereocenters. The Morgan fingerprint density at radius 1 is 1.36 bits per heavy atom. The Hall–Kier alpha value is -3.07. The van der Waals surface area contributed by atoms with Gasteiger partial charge in [0.25, 0.3) is 5.91 Å². The first-order chi connectivity index (χ1) is 13.3. The van der Waals surface area contributed by atoms with E-state index in [0.29, 0.717) is 28.6 Å². The Kier molecular flexibility index (Phi) is 7.39. The van der Waals surface area contributed by atoms with Crippen LogP contribution in [-0.4, -0.2) is 41.5 Å². The van der Waals surface area contributed by atoms with E-state index in [2.05, 4.69) is 15.6 Å². The number of hydrogen-bond donors (Lipinski definition) is 2.